The predicted octanol–water partition coefficient (Wildman–Crippen LogP) is 1.74. The molecule has 2 aromatic rings. The van der Waals surface area contributed by atoms with Crippen molar-refractivity contribution in [2.45, 2.75) is 13.0 Å². The van der Waals surface area contributed by atoms with Gasteiger partial charge in [-0.25, -0.2) is 9.59 Å². The second-order valence-corrected chi connectivity index (χ2v) is 5.38. The predicted molar refractivity (Wildman–Crippen MR) is 92.7 cm³/mol. The Morgan fingerprint density at radius 2 is 1.88 bits per heavy atom. The number of nitrogens with two attached hydrogens (primary N) is 1. The number of carboxylic acid groups (broad SMARTS) is 2. The highest BCUT2D eigenvalue weighted by Gasteiger charge is 2.22. The van der Waals surface area contributed by atoms with Gasteiger partial charge in [0.05, 0.1) is 12.8 Å². The molecule has 1 aromatic carbocycles. The summed E-state index contributed by atoms with van der Waals surface area (Å²) in [6, 6.07) is 8.49. The number of methoxy groups -OCH3 is 1. The van der Waals surface area contributed by atoms with Crippen LogP contribution in [-0.2, 0) is 22.6 Å². The minimum Gasteiger partial charge on any atom is -0.497 e. The molecule has 1 aromatic heterocycles. The third kappa shape index (κ3) is 4.48. The fourth-order valence-corrected chi connectivity index (χ4v) is 2.72. The summed E-state index contributed by atoms with van der Waals surface area (Å²) in [5, 5.41) is 15.6. The van der Waals surface area contributed by atoms with Crippen molar-refractivity contribution in [2.75, 3.05) is 13.7 Å². The Morgan fingerprint density at radius 1 is 1.20 bits per heavy atom. The van der Waals surface area contributed by atoms with Crippen molar-refractivity contribution in [3.63, 3.8) is 0 Å². The molecule has 0 atom stereocenters. The summed E-state index contributed by atoms with van der Waals surface area (Å²) >= 11 is 0. The number of hydrogen-bond donors (Lipinski definition) is 3. The molecule has 7 heteroatoms. The highest BCUT2D eigenvalue weighted by atomic mass is 16.5. The first kappa shape index (κ1) is 18.3. The quantitative estimate of drug-likeness (QED) is 0.607. The number of rotatable bonds is 5. The third-order valence-corrected chi connectivity index (χ3v) is 3.74. The summed E-state index contributed by atoms with van der Waals surface area (Å²) in [4.78, 5) is 19.1. The maximum absolute atomic E-state index is 9.55. The molecule has 0 saturated heterocycles. The average molecular weight is 344 g/mol. The molecule has 0 saturated carbocycles. The Hall–Kier alpha value is -3.06. The zero-order valence-corrected chi connectivity index (χ0v) is 13.8. The lowest BCUT2D eigenvalue weighted by Gasteiger charge is -2.09. The topological polar surface area (TPSA) is 115 Å². The third-order valence-electron chi connectivity index (χ3n) is 3.74. The number of aliphatic carboxylic acids is 2. The Labute approximate surface area is 145 Å². The van der Waals surface area contributed by atoms with E-state index in [1.54, 1.807) is 7.11 Å². The largest absolute Gasteiger partial charge is 0.497 e. The Balaban J connectivity index is 0.000000242. The Kier molecular flexibility index (Phi) is 5.97. The number of benzene rings is 1. The van der Waals surface area contributed by atoms with E-state index < -0.39 is 11.9 Å². The lowest BCUT2D eigenvalue weighted by atomic mass is 10.1. The van der Waals surface area contributed by atoms with E-state index in [0.29, 0.717) is 18.7 Å². The van der Waals surface area contributed by atoms with E-state index in [1.807, 2.05) is 6.07 Å². The van der Waals surface area contributed by atoms with E-state index in [2.05, 4.69) is 29.0 Å². The number of hydrogen-bond acceptors (Lipinski definition) is 4. The molecule has 0 fully saturated rings. The normalized spacial score (nSPS) is 11.4. The van der Waals surface area contributed by atoms with E-state index in [1.165, 1.54) is 22.4 Å². The molecule has 132 valence electrons. The van der Waals surface area contributed by atoms with Crippen LogP contribution in [0.25, 0.3) is 11.3 Å². The van der Waals surface area contributed by atoms with Gasteiger partial charge in [-0.2, -0.15) is 0 Å². The van der Waals surface area contributed by atoms with Crippen molar-refractivity contribution in [2.24, 2.45) is 5.73 Å². The molecule has 0 radical (unpaired) electrons. The molecule has 1 aliphatic rings. The van der Waals surface area contributed by atoms with Crippen LogP contribution in [-0.4, -0.2) is 40.4 Å². The highest BCUT2D eigenvalue weighted by Crippen LogP contribution is 2.39. The number of nitrogens with zero attached hydrogens (tertiary/aromatic N) is 1. The second-order valence-electron chi connectivity index (χ2n) is 5.38. The molecule has 0 bridgehead atoms. The van der Waals surface area contributed by atoms with Crippen LogP contribution in [0.15, 0.2) is 42.6 Å². The molecular formula is C18H20N2O5. The van der Waals surface area contributed by atoms with Gasteiger partial charge in [0, 0.05) is 43.4 Å². The van der Waals surface area contributed by atoms with Crippen molar-refractivity contribution >= 4 is 11.9 Å². The van der Waals surface area contributed by atoms with Crippen LogP contribution in [0.1, 0.15) is 11.1 Å². The summed E-state index contributed by atoms with van der Waals surface area (Å²) < 4.78 is 7.53. The van der Waals surface area contributed by atoms with Gasteiger partial charge in [0.25, 0.3) is 0 Å². The first-order valence-corrected chi connectivity index (χ1v) is 7.65. The van der Waals surface area contributed by atoms with Crippen LogP contribution in [0.2, 0.25) is 0 Å². The lowest BCUT2D eigenvalue weighted by Crippen LogP contribution is -2.09. The molecule has 3 rings (SSSR count). The van der Waals surface area contributed by atoms with Crippen LogP contribution in [0, 0.1) is 0 Å². The van der Waals surface area contributed by atoms with Gasteiger partial charge >= 0.3 is 11.9 Å². The second kappa shape index (κ2) is 8.16. The SMILES string of the molecule is COc1ccc2c(c1)-c1c(ccn1CCN)C2.O=C(O)/C=C/C(=O)O. The lowest BCUT2D eigenvalue weighted by molar-refractivity contribution is -0.134. The molecule has 0 unspecified atom stereocenters. The van der Waals surface area contributed by atoms with E-state index in [4.69, 9.17) is 20.7 Å². The fourth-order valence-electron chi connectivity index (χ4n) is 2.72. The summed E-state index contributed by atoms with van der Waals surface area (Å²) in [5.74, 6) is -1.60. The van der Waals surface area contributed by atoms with Crippen LogP contribution in [0.5, 0.6) is 5.75 Å². The van der Waals surface area contributed by atoms with Crippen molar-refractivity contribution in [3.05, 3.63) is 53.7 Å². The summed E-state index contributed by atoms with van der Waals surface area (Å²) in [6.07, 6.45) is 4.26. The van der Waals surface area contributed by atoms with Gasteiger partial charge in [0.15, 0.2) is 0 Å². The van der Waals surface area contributed by atoms with Gasteiger partial charge in [0.2, 0.25) is 0 Å². The smallest absolute Gasteiger partial charge is 0.328 e. The maximum atomic E-state index is 9.55. The fraction of sp³-hybridized carbons (Fsp3) is 0.222. The standard InChI is InChI=1S/C14H16N2O.C4H4O4/c1-17-12-3-2-10-8-11-4-6-16(7-5-15)14(11)13(10)9-12;5-3(6)1-2-4(7)8/h2-4,6,9H,5,7-8,15H2,1H3;1-2H,(H,5,6)(H,7,8)/b;2-1+. The minimum absolute atomic E-state index is 0.558. The maximum Gasteiger partial charge on any atom is 0.328 e. The van der Waals surface area contributed by atoms with Crippen LogP contribution < -0.4 is 10.5 Å². The average Bonchev–Trinajstić information content (AvgIpc) is 3.13. The first-order valence-electron chi connectivity index (χ1n) is 7.65. The van der Waals surface area contributed by atoms with Crippen molar-refractivity contribution in [1.29, 1.82) is 0 Å². The van der Waals surface area contributed by atoms with E-state index >= 15 is 0 Å². The molecule has 7 nitrogen and oxygen atoms in total. The van der Waals surface area contributed by atoms with Gasteiger partial charge < -0.3 is 25.3 Å². The number of carboxylic acids is 2. The molecule has 0 aliphatic heterocycles. The van der Waals surface area contributed by atoms with Gasteiger partial charge in [-0.3, -0.25) is 0 Å². The van der Waals surface area contributed by atoms with Gasteiger partial charge in [-0.05, 0) is 29.3 Å². The van der Waals surface area contributed by atoms with Gasteiger partial charge in [-0.1, -0.05) is 6.07 Å². The van der Waals surface area contributed by atoms with Crippen molar-refractivity contribution in [1.82, 2.24) is 4.57 Å². The van der Waals surface area contributed by atoms with E-state index in [9.17, 15) is 9.59 Å². The van der Waals surface area contributed by atoms with Crippen molar-refractivity contribution in [3.8, 4) is 17.0 Å². The molecular weight excluding hydrogens is 324 g/mol. The van der Waals surface area contributed by atoms with Crippen molar-refractivity contribution < 1.29 is 24.5 Å². The molecule has 1 aliphatic carbocycles. The van der Waals surface area contributed by atoms with Crippen LogP contribution >= 0.6 is 0 Å². The Bertz CT molecular complexity index is 792. The zero-order chi connectivity index (χ0) is 18.4. The molecule has 0 amide bonds. The summed E-state index contributed by atoms with van der Waals surface area (Å²) in [7, 11) is 1.70. The monoisotopic (exact) mass is 344 g/mol. The number of fused-ring (bicyclic) bond motifs is 3. The van der Waals surface area contributed by atoms with Crippen LogP contribution in [0.3, 0.4) is 0 Å². The first-order chi connectivity index (χ1) is 12.0. The van der Waals surface area contributed by atoms with E-state index in [0.717, 1.165) is 18.7 Å². The summed E-state index contributed by atoms with van der Waals surface area (Å²) in [6.45, 7) is 1.53. The number of carbonyl (C=O) groups is 2. The number of ether oxygens (including phenoxy) is 1. The molecule has 1 heterocycles. The summed E-state index contributed by atoms with van der Waals surface area (Å²) in [5.41, 5.74) is 11.0. The van der Waals surface area contributed by atoms with Crippen LogP contribution in [0.4, 0.5) is 0 Å². The molecule has 0 spiro atoms. The van der Waals surface area contributed by atoms with Gasteiger partial charge in [-0.15, -0.1) is 0 Å². The highest BCUT2D eigenvalue weighted by molar-refractivity contribution is 5.89. The Morgan fingerprint density at radius 3 is 2.44 bits per heavy atom. The molecule has 4 N–H and O–H groups in total. The zero-order valence-electron chi connectivity index (χ0n) is 13.8. The van der Waals surface area contributed by atoms with E-state index in [-0.39, 0.29) is 0 Å². The minimum atomic E-state index is -1.26. The van der Waals surface area contributed by atoms with Gasteiger partial charge in [0.1, 0.15) is 5.75 Å². The number of aromatic nitrogens is 1. The molecule has 25 heavy (non-hydrogen) atoms.